The van der Waals surface area contributed by atoms with Crippen LogP contribution in [0.1, 0.15) is 15.9 Å². The number of hydrogen-bond donors (Lipinski definition) is 1. The molecule has 0 radical (unpaired) electrons. The number of aliphatic imine (C=N–C) groups is 1. The highest BCUT2D eigenvalue weighted by Gasteiger charge is 2.30. The SMILES string of the molecule is CN1C(=O)/C(=C/c2cc(I)c(OCC#N)c(I)c2)SC1=Nc1ccc(C(=O)O)cc1. The van der Waals surface area contributed by atoms with Crippen molar-refractivity contribution in [1.29, 1.82) is 5.26 Å². The first-order valence-electron chi connectivity index (χ1n) is 8.38. The van der Waals surface area contributed by atoms with Crippen molar-refractivity contribution in [3.8, 4) is 11.8 Å². The van der Waals surface area contributed by atoms with Crippen LogP contribution in [0.5, 0.6) is 5.75 Å². The molecule has 1 heterocycles. The number of carboxylic acid groups (broad SMARTS) is 1. The van der Waals surface area contributed by atoms with Gasteiger partial charge in [0.15, 0.2) is 11.8 Å². The molecule has 1 N–H and O–H groups in total. The minimum atomic E-state index is -1.00. The number of aromatic carboxylic acids is 1. The van der Waals surface area contributed by atoms with Crippen LogP contribution in [-0.4, -0.2) is 40.7 Å². The van der Waals surface area contributed by atoms with Gasteiger partial charge in [-0.05, 0) is 105 Å². The van der Waals surface area contributed by atoms with Crippen LogP contribution in [0, 0.1) is 18.5 Å². The zero-order chi connectivity index (χ0) is 21.8. The predicted molar refractivity (Wildman–Crippen MR) is 132 cm³/mol. The number of amidine groups is 1. The summed E-state index contributed by atoms with van der Waals surface area (Å²) in [4.78, 5) is 30.1. The predicted octanol–water partition coefficient (Wildman–Crippen LogP) is 4.73. The summed E-state index contributed by atoms with van der Waals surface area (Å²) >= 11 is 5.52. The number of carbonyl (C=O) groups is 2. The van der Waals surface area contributed by atoms with E-state index in [0.29, 0.717) is 21.5 Å². The molecule has 152 valence electrons. The van der Waals surface area contributed by atoms with Gasteiger partial charge in [-0.3, -0.25) is 9.69 Å². The van der Waals surface area contributed by atoms with E-state index in [2.05, 4.69) is 50.2 Å². The molecule has 10 heteroatoms. The van der Waals surface area contributed by atoms with Crippen LogP contribution in [0.3, 0.4) is 0 Å². The van der Waals surface area contributed by atoms with Crippen LogP contribution >= 0.6 is 56.9 Å². The number of hydrogen-bond acceptors (Lipinski definition) is 6. The summed E-state index contributed by atoms with van der Waals surface area (Å²) in [5, 5.41) is 18.2. The molecule has 2 aromatic carbocycles. The lowest BCUT2D eigenvalue weighted by Crippen LogP contribution is -2.23. The molecule has 0 aliphatic carbocycles. The lowest BCUT2D eigenvalue weighted by atomic mass is 10.2. The summed E-state index contributed by atoms with van der Waals surface area (Å²) in [5.41, 5.74) is 1.57. The molecule has 0 aromatic heterocycles. The Labute approximate surface area is 204 Å². The zero-order valence-electron chi connectivity index (χ0n) is 15.4. The maximum Gasteiger partial charge on any atom is 0.335 e. The first kappa shape index (κ1) is 22.6. The molecule has 7 nitrogen and oxygen atoms in total. The third-order valence-corrected chi connectivity index (χ3v) is 6.60. The number of halogens is 2. The van der Waals surface area contributed by atoms with E-state index in [4.69, 9.17) is 15.1 Å². The van der Waals surface area contributed by atoms with E-state index in [-0.39, 0.29) is 18.1 Å². The second-order valence-electron chi connectivity index (χ2n) is 5.98. The first-order valence-corrected chi connectivity index (χ1v) is 11.4. The summed E-state index contributed by atoms with van der Waals surface area (Å²) in [5.74, 6) is -0.527. The van der Waals surface area contributed by atoms with Gasteiger partial charge in [0.05, 0.1) is 23.3 Å². The maximum absolute atomic E-state index is 12.6. The quantitative estimate of drug-likeness (QED) is 0.373. The summed E-state index contributed by atoms with van der Waals surface area (Å²) in [6.45, 7) is -0.0289. The Morgan fingerprint density at radius 2 is 1.93 bits per heavy atom. The van der Waals surface area contributed by atoms with Gasteiger partial charge in [-0.25, -0.2) is 9.79 Å². The van der Waals surface area contributed by atoms with Crippen LogP contribution in [0.4, 0.5) is 5.69 Å². The second-order valence-corrected chi connectivity index (χ2v) is 9.32. The van der Waals surface area contributed by atoms with E-state index >= 15 is 0 Å². The van der Waals surface area contributed by atoms with Crippen molar-refractivity contribution in [3.63, 3.8) is 0 Å². The van der Waals surface area contributed by atoms with Gasteiger partial charge >= 0.3 is 5.97 Å². The number of carboxylic acids is 1. The Morgan fingerprint density at radius 1 is 1.30 bits per heavy atom. The van der Waals surface area contributed by atoms with E-state index in [1.165, 1.54) is 28.8 Å². The monoisotopic (exact) mass is 645 g/mol. The highest BCUT2D eigenvalue weighted by atomic mass is 127. The topological polar surface area (TPSA) is 103 Å². The van der Waals surface area contributed by atoms with Gasteiger partial charge in [-0.1, -0.05) is 0 Å². The number of nitrogens with zero attached hydrogens (tertiary/aromatic N) is 3. The molecule has 1 saturated heterocycles. The molecule has 1 aliphatic rings. The number of benzene rings is 2. The van der Waals surface area contributed by atoms with Crippen molar-refractivity contribution < 1.29 is 19.4 Å². The summed E-state index contributed by atoms with van der Waals surface area (Å²) in [6, 6.07) is 11.9. The zero-order valence-corrected chi connectivity index (χ0v) is 20.6. The lowest BCUT2D eigenvalue weighted by Gasteiger charge is -2.09. The van der Waals surface area contributed by atoms with Crippen LogP contribution in [0.25, 0.3) is 6.08 Å². The van der Waals surface area contributed by atoms with Crippen molar-refractivity contribution >= 4 is 85.8 Å². The number of rotatable bonds is 5. The van der Waals surface area contributed by atoms with Crippen molar-refractivity contribution in [2.75, 3.05) is 13.7 Å². The standard InChI is InChI=1S/C20H13I2N3O4S/c1-25-18(26)16(10-11-8-14(21)17(15(22)9-11)29-7-6-23)30-20(25)24-13-4-2-12(3-5-13)19(27)28/h2-5,8-10H,7H2,1H3,(H,27,28)/b16-10-,24-20?. The van der Waals surface area contributed by atoms with E-state index in [9.17, 15) is 9.59 Å². The highest BCUT2D eigenvalue weighted by Crippen LogP contribution is 2.35. The fourth-order valence-corrected chi connectivity index (χ4v) is 5.61. The number of nitriles is 1. The average molecular weight is 645 g/mol. The normalized spacial score (nSPS) is 16.2. The molecule has 0 bridgehead atoms. The van der Waals surface area contributed by atoms with Crippen molar-refractivity contribution in [3.05, 3.63) is 59.6 Å². The Morgan fingerprint density at radius 3 is 2.50 bits per heavy atom. The minimum absolute atomic E-state index is 0.0289. The van der Waals surface area contributed by atoms with Crippen LogP contribution in [0.2, 0.25) is 0 Å². The van der Waals surface area contributed by atoms with Crippen LogP contribution in [0.15, 0.2) is 46.3 Å². The largest absolute Gasteiger partial charge is 0.478 e. The van der Waals surface area contributed by atoms with Gasteiger partial charge in [0.1, 0.15) is 11.8 Å². The molecule has 1 aliphatic heterocycles. The third kappa shape index (κ3) is 5.13. The fourth-order valence-electron chi connectivity index (χ4n) is 2.50. The van der Waals surface area contributed by atoms with Gasteiger partial charge in [0.25, 0.3) is 5.91 Å². The number of thioether (sulfide) groups is 1. The molecule has 0 saturated carbocycles. The first-order chi connectivity index (χ1) is 14.3. The summed E-state index contributed by atoms with van der Waals surface area (Å²) < 4.78 is 7.14. The Hall–Kier alpha value is -2.11. The lowest BCUT2D eigenvalue weighted by molar-refractivity contribution is -0.121. The summed E-state index contributed by atoms with van der Waals surface area (Å²) in [6.07, 6.45) is 1.79. The molecule has 2 aromatic rings. The fraction of sp³-hybridized carbons (Fsp3) is 0.100. The van der Waals surface area contributed by atoms with Crippen molar-refractivity contribution in [1.82, 2.24) is 4.90 Å². The van der Waals surface area contributed by atoms with Gasteiger partial charge in [0.2, 0.25) is 0 Å². The number of likely N-dealkylation sites (N-methyl/N-ethyl adjacent to an activating group) is 1. The second kappa shape index (κ2) is 9.80. The van der Waals surface area contributed by atoms with E-state index in [0.717, 1.165) is 12.7 Å². The smallest absolute Gasteiger partial charge is 0.335 e. The summed E-state index contributed by atoms with van der Waals surface area (Å²) in [7, 11) is 1.65. The van der Waals surface area contributed by atoms with Gasteiger partial charge < -0.3 is 9.84 Å². The third-order valence-electron chi connectivity index (χ3n) is 3.94. The molecule has 3 rings (SSSR count). The van der Waals surface area contributed by atoms with Crippen molar-refractivity contribution in [2.24, 2.45) is 4.99 Å². The molecule has 1 amide bonds. The van der Waals surface area contributed by atoms with E-state index in [1.54, 1.807) is 25.3 Å². The van der Waals surface area contributed by atoms with Crippen molar-refractivity contribution in [2.45, 2.75) is 0 Å². The molecule has 1 fully saturated rings. The Kier molecular flexibility index (Phi) is 7.37. The average Bonchev–Trinajstić information content (AvgIpc) is 2.95. The number of amides is 1. The van der Waals surface area contributed by atoms with Gasteiger partial charge in [0, 0.05) is 7.05 Å². The minimum Gasteiger partial charge on any atom is -0.478 e. The molecule has 0 atom stereocenters. The molecule has 30 heavy (non-hydrogen) atoms. The number of ether oxygens (including phenoxy) is 1. The van der Waals surface area contributed by atoms with Crippen LogP contribution in [-0.2, 0) is 4.79 Å². The van der Waals surface area contributed by atoms with Gasteiger partial charge in [-0.2, -0.15) is 5.26 Å². The highest BCUT2D eigenvalue weighted by molar-refractivity contribution is 14.1. The number of carbonyl (C=O) groups excluding carboxylic acids is 1. The molecular weight excluding hydrogens is 632 g/mol. The van der Waals surface area contributed by atoms with Crippen LogP contribution < -0.4 is 4.74 Å². The van der Waals surface area contributed by atoms with E-state index < -0.39 is 5.97 Å². The maximum atomic E-state index is 12.6. The molecule has 0 spiro atoms. The molecular formula is C20H13I2N3O4S. The Balaban J connectivity index is 1.86. The van der Waals surface area contributed by atoms with E-state index in [1.807, 2.05) is 18.2 Å². The molecule has 0 unspecified atom stereocenters. The van der Waals surface area contributed by atoms with Gasteiger partial charge in [-0.15, -0.1) is 0 Å². The Bertz CT molecular complexity index is 1100.